The highest BCUT2D eigenvalue weighted by molar-refractivity contribution is 7.98. The molecule has 9 heteroatoms. The number of amides is 1. The molecule has 0 unspecified atom stereocenters. The second-order valence-corrected chi connectivity index (χ2v) is 7.83. The number of nitrogens with zero attached hydrogens (tertiary/aromatic N) is 5. The van der Waals surface area contributed by atoms with Gasteiger partial charge in [-0.3, -0.25) is 9.59 Å². The van der Waals surface area contributed by atoms with E-state index in [0.29, 0.717) is 10.9 Å². The quantitative estimate of drug-likeness (QED) is 0.557. The lowest BCUT2D eigenvalue weighted by atomic mass is 10.1. The molecule has 1 saturated heterocycles. The molecule has 2 aromatic heterocycles. The Morgan fingerprint density at radius 1 is 1.07 bits per heavy atom. The molecule has 0 aliphatic carbocycles. The van der Waals surface area contributed by atoms with E-state index >= 15 is 0 Å². The molecule has 0 saturated carbocycles. The molecule has 0 bridgehead atoms. The van der Waals surface area contributed by atoms with E-state index < -0.39 is 5.97 Å². The van der Waals surface area contributed by atoms with E-state index in [4.69, 9.17) is 4.74 Å². The molecular weight excluding hydrogens is 378 g/mol. The molecule has 28 heavy (non-hydrogen) atoms. The monoisotopic (exact) mass is 405 g/mol. The number of rotatable bonds is 5. The molecule has 2 aromatic rings. The van der Waals surface area contributed by atoms with Gasteiger partial charge in [0.15, 0.2) is 6.61 Å². The van der Waals surface area contributed by atoms with Crippen LogP contribution in [0.1, 0.15) is 49.1 Å². The third-order valence-electron chi connectivity index (χ3n) is 5.10. The van der Waals surface area contributed by atoms with Crippen molar-refractivity contribution in [3.63, 3.8) is 0 Å². The van der Waals surface area contributed by atoms with Gasteiger partial charge in [0.25, 0.3) is 11.7 Å². The maximum absolute atomic E-state index is 12.4. The summed E-state index contributed by atoms with van der Waals surface area (Å²) in [4.78, 5) is 35.3. The van der Waals surface area contributed by atoms with Gasteiger partial charge in [-0.1, -0.05) is 31.0 Å². The maximum atomic E-state index is 12.4. The Balaban J connectivity index is 1.62. The Morgan fingerprint density at radius 3 is 2.43 bits per heavy atom. The largest absolute Gasteiger partial charge is 0.455 e. The van der Waals surface area contributed by atoms with Crippen molar-refractivity contribution in [1.29, 1.82) is 0 Å². The molecule has 1 fully saturated rings. The molecule has 0 radical (unpaired) electrons. The standard InChI is InChI=1S/C19H27N5O3S/c1-13-15(14(2)24-18(20-13)21-19(22-24)28-3)11-17(26)27-12-16(25)23-9-7-5-4-6-8-10-23/h4-12H2,1-3H3. The normalized spacial score (nSPS) is 15.3. The van der Waals surface area contributed by atoms with E-state index in [1.807, 2.05) is 25.0 Å². The number of fused-ring (bicyclic) bond motifs is 1. The van der Waals surface area contributed by atoms with Crippen LogP contribution in [0.2, 0.25) is 0 Å². The maximum Gasteiger partial charge on any atom is 0.310 e. The van der Waals surface area contributed by atoms with Crippen molar-refractivity contribution < 1.29 is 14.3 Å². The Kier molecular flexibility index (Phi) is 6.88. The fourth-order valence-electron chi connectivity index (χ4n) is 3.46. The zero-order valence-corrected chi connectivity index (χ0v) is 17.5. The first kappa shape index (κ1) is 20.6. The number of esters is 1. The molecule has 1 aliphatic heterocycles. The summed E-state index contributed by atoms with van der Waals surface area (Å²) in [6.07, 6.45) is 7.52. The zero-order chi connectivity index (χ0) is 20.1. The summed E-state index contributed by atoms with van der Waals surface area (Å²) in [5, 5.41) is 5.02. The lowest BCUT2D eigenvalue weighted by molar-refractivity contribution is -0.151. The third-order valence-corrected chi connectivity index (χ3v) is 5.64. The van der Waals surface area contributed by atoms with Crippen molar-refractivity contribution in [3.8, 4) is 0 Å². The van der Waals surface area contributed by atoms with Crippen LogP contribution >= 0.6 is 11.8 Å². The Hall–Kier alpha value is -2.16. The number of hydrogen-bond acceptors (Lipinski definition) is 7. The van der Waals surface area contributed by atoms with Crippen LogP contribution in [0.25, 0.3) is 5.78 Å². The minimum Gasteiger partial charge on any atom is -0.455 e. The smallest absolute Gasteiger partial charge is 0.310 e. The first-order chi connectivity index (χ1) is 13.5. The predicted molar refractivity (Wildman–Crippen MR) is 106 cm³/mol. The minimum atomic E-state index is -0.432. The number of carbonyl (C=O) groups excluding carboxylic acids is 2. The van der Waals surface area contributed by atoms with Crippen molar-refractivity contribution in [2.24, 2.45) is 0 Å². The minimum absolute atomic E-state index is 0.0579. The van der Waals surface area contributed by atoms with E-state index in [9.17, 15) is 9.59 Å². The van der Waals surface area contributed by atoms with Gasteiger partial charge in [0.05, 0.1) is 6.42 Å². The van der Waals surface area contributed by atoms with Gasteiger partial charge in [-0.05, 0) is 32.9 Å². The summed E-state index contributed by atoms with van der Waals surface area (Å²) >= 11 is 1.44. The summed E-state index contributed by atoms with van der Waals surface area (Å²) in [6.45, 7) is 5.02. The summed E-state index contributed by atoms with van der Waals surface area (Å²) in [7, 11) is 0. The number of likely N-dealkylation sites (tertiary alicyclic amines) is 1. The van der Waals surface area contributed by atoms with Crippen LogP contribution < -0.4 is 0 Å². The molecule has 0 atom stereocenters. The van der Waals surface area contributed by atoms with E-state index in [0.717, 1.165) is 55.7 Å². The van der Waals surface area contributed by atoms with Crippen LogP contribution in [0.3, 0.4) is 0 Å². The van der Waals surface area contributed by atoms with Crippen molar-refractivity contribution in [2.75, 3.05) is 26.0 Å². The molecule has 0 spiro atoms. The topological polar surface area (TPSA) is 89.7 Å². The predicted octanol–water partition coefficient (Wildman–Crippen LogP) is 2.34. The van der Waals surface area contributed by atoms with Crippen LogP contribution in [-0.4, -0.2) is 62.3 Å². The zero-order valence-electron chi connectivity index (χ0n) is 16.7. The molecule has 152 valence electrons. The molecule has 3 rings (SSSR count). The van der Waals surface area contributed by atoms with Crippen LogP contribution in [0.15, 0.2) is 5.16 Å². The van der Waals surface area contributed by atoms with Gasteiger partial charge in [-0.2, -0.15) is 4.98 Å². The summed E-state index contributed by atoms with van der Waals surface area (Å²) in [6, 6.07) is 0. The summed E-state index contributed by atoms with van der Waals surface area (Å²) < 4.78 is 6.92. The van der Waals surface area contributed by atoms with Gasteiger partial charge in [0.2, 0.25) is 5.16 Å². The third kappa shape index (κ3) is 4.81. The number of carbonyl (C=O) groups is 2. The van der Waals surface area contributed by atoms with Crippen molar-refractivity contribution in [1.82, 2.24) is 24.5 Å². The molecular formula is C19H27N5O3S. The van der Waals surface area contributed by atoms with Crippen molar-refractivity contribution in [3.05, 3.63) is 17.0 Å². The fourth-order valence-corrected chi connectivity index (χ4v) is 3.79. The Morgan fingerprint density at radius 2 is 1.75 bits per heavy atom. The van der Waals surface area contributed by atoms with Gasteiger partial charge in [-0.25, -0.2) is 9.50 Å². The van der Waals surface area contributed by atoms with Crippen LogP contribution in [0, 0.1) is 13.8 Å². The summed E-state index contributed by atoms with van der Waals surface area (Å²) in [5.74, 6) is -0.0279. The fraction of sp³-hybridized carbons (Fsp3) is 0.632. The molecule has 1 amide bonds. The average Bonchev–Trinajstić information content (AvgIpc) is 3.06. The SMILES string of the molecule is CSc1nc2nc(C)c(CC(=O)OCC(=O)N3CCCCCCC3)c(C)n2n1. The molecule has 0 aromatic carbocycles. The second kappa shape index (κ2) is 9.36. The number of hydrogen-bond donors (Lipinski definition) is 0. The van der Waals surface area contributed by atoms with E-state index in [-0.39, 0.29) is 18.9 Å². The number of aromatic nitrogens is 4. The van der Waals surface area contributed by atoms with E-state index in [1.165, 1.54) is 18.2 Å². The Bertz CT molecular complexity index is 859. The number of ether oxygens (including phenoxy) is 1. The Labute approximate surface area is 169 Å². The van der Waals surface area contributed by atoms with Gasteiger partial charge < -0.3 is 9.64 Å². The second-order valence-electron chi connectivity index (χ2n) is 7.06. The molecule has 3 heterocycles. The number of aryl methyl sites for hydroxylation is 2. The highest BCUT2D eigenvalue weighted by Gasteiger charge is 2.19. The van der Waals surface area contributed by atoms with Crippen LogP contribution in [-0.2, 0) is 20.7 Å². The highest BCUT2D eigenvalue weighted by atomic mass is 32.2. The van der Waals surface area contributed by atoms with E-state index in [1.54, 1.807) is 4.52 Å². The highest BCUT2D eigenvalue weighted by Crippen LogP contribution is 2.17. The van der Waals surface area contributed by atoms with Gasteiger partial charge >= 0.3 is 5.97 Å². The number of thioether (sulfide) groups is 1. The first-order valence-corrected chi connectivity index (χ1v) is 10.9. The van der Waals surface area contributed by atoms with Crippen LogP contribution in [0.5, 0.6) is 0 Å². The molecule has 1 aliphatic rings. The van der Waals surface area contributed by atoms with Gasteiger partial charge in [0, 0.05) is 30.0 Å². The van der Waals surface area contributed by atoms with Gasteiger partial charge in [0.1, 0.15) is 0 Å². The lowest BCUT2D eigenvalue weighted by Gasteiger charge is -2.24. The van der Waals surface area contributed by atoms with Crippen molar-refractivity contribution >= 4 is 29.4 Å². The summed E-state index contributed by atoms with van der Waals surface area (Å²) in [5.41, 5.74) is 2.29. The van der Waals surface area contributed by atoms with Gasteiger partial charge in [-0.15, -0.1) is 5.10 Å². The van der Waals surface area contributed by atoms with Crippen molar-refractivity contribution in [2.45, 2.75) is 57.5 Å². The van der Waals surface area contributed by atoms with E-state index in [2.05, 4.69) is 15.1 Å². The lowest BCUT2D eigenvalue weighted by Crippen LogP contribution is -2.37. The first-order valence-electron chi connectivity index (χ1n) is 9.70. The van der Waals surface area contributed by atoms with Crippen LogP contribution in [0.4, 0.5) is 0 Å². The molecule has 0 N–H and O–H groups in total. The molecule has 8 nitrogen and oxygen atoms in total. The average molecular weight is 406 g/mol.